The molecule has 0 saturated heterocycles. The minimum Gasteiger partial charge on any atom is -0.368 e. The van der Waals surface area contributed by atoms with Crippen LogP contribution in [0.25, 0.3) is 0 Å². The van der Waals surface area contributed by atoms with Gasteiger partial charge >= 0.3 is 0 Å². The SMILES string of the molecule is Cc1nc2c(c(NCCNS(=O)(=O)c3cc(C)sc3C)n1)CCCC2. The lowest BCUT2D eigenvalue weighted by molar-refractivity contribution is 0.582. The molecule has 0 fully saturated rings. The summed E-state index contributed by atoms with van der Waals surface area (Å²) in [6.45, 7) is 6.45. The first-order valence-corrected chi connectivity index (χ1v) is 10.8. The topological polar surface area (TPSA) is 84.0 Å². The van der Waals surface area contributed by atoms with Crippen LogP contribution < -0.4 is 10.0 Å². The Morgan fingerprint density at radius 2 is 1.88 bits per heavy atom. The predicted octanol–water partition coefficient (Wildman–Crippen LogP) is 2.73. The second-order valence-electron chi connectivity index (χ2n) is 6.35. The third kappa shape index (κ3) is 4.19. The van der Waals surface area contributed by atoms with Crippen molar-refractivity contribution < 1.29 is 8.42 Å². The van der Waals surface area contributed by atoms with Gasteiger partial charge in [-0.2, -0.15) is 0 Å². The average Bonchev–Trinajstić information content (AvgIpc) is 2.90. The van der Waals surface area contributed by atoms with E-state index in [1.54, 1.807) is 6.07 Å². The van der Waals surface area contributed by atoms with Crippen LogP contribution in [0.2, 0.25) is 0 Å². The van der Waals surface area contributed by atoms with Gasteiger partial charge in [-0.25, -0.2) is 23.1 Å². The van der Waals surface area contributed by atoms with E-state index in [1.165, 1.54) is 23.3 Å². The fraction of sp³-hybridized carbons (Fsp3) is 0.529. The maximum absolute atomic E-state index is 12.4. The average molecular weight is 381 g/mol. The quantitative estimate of drug-likeness (QED) is 0.753. The normalized spacial score (nSPS) is 14.4. The molecule has 8 heteroatoms. The Bertz CT molecular complexity index is 875. The molecule has 0 saturated carbocycles. The summed E-state index contributed by atoms with van der Waals surface area (Å²) in [5.74, 6) is 1.61. The van der Waals surface area contributed by atoms with Crippen LogP contribution >= 0.6 is 11.3 Å². The Morgan fingerprint density at radius 1 is 1.12 bits per heavy atom. The van der Waals surface area contributed by atoms with Gasteiger partial charge in [-0.15, -0.1) is 11.3 Å². The highest BCUT2D eigenvalue weighted by Crippen LogP contribution is 2.26. The molecule has 2 aromatic rings. The molecular formula is C17H24N4O2S2. The highest BCUT2D eigenvalue weighted by molar-refractivity contribution is 7.89. The molecule has 0 aliphatic heterocycles. The molecule has 0 amide bonds. The second kappa shape index (κ2) is 7.39. The molecule has 1 aliphatic rings. The largest absolute Gasteiger partial charge is 0.368 e. The van der Waals surface area contributed by atoms with Crippen LogP contribution in [0.5, 0.6) is 0 Å². The van der Waals surface area contributed by atoms with Crippen LogP contribution in [-0.2, 0) is 22.9 Å². The molecule has 2 N–H and O–H groups in total. The van der Waals surface area contributed by atoms with E-state index >= 15 is 0 Å². The molecule has 0 radical (unpaired) electrons. The molecule has 3 rings (SSSR count). The Morgan fingerprint density at radius 3 is 2.60 bits per heavy atom. The number of sulfonamides is 1. The maximum atomic E-state index is 12.4. The summed E-state index contributed by atoms with van der Waals surface area (Å²) in [5.41, 5.74) is 2.32. The fourth-order valence-corrected chi connectivity index (χ4v) is 5.77. The number of thiophene rings is 1. The second-order valence-corrected chi connectivity index (χ2v) is 9.55. The number of aryl methyl sites for hydroxylation is 4. The minimum atomic E-state index is -3.46. The lowest BCUT2D eigenvalue weighted by atomic mass is 9.96. The molecule has 0 unspecified atom stereocenters. The van der Waals surface area contributed by atoms with Crippen molar-refractivity contribution in [3.05, 3.63) is 32.9 Å². The number of aromatic nitrogens is 2. The van der Waals surface area contributed by atoms with Crippen molar-refractivity contribution >= 4 is 27.2 Å². The number of hydrogen-bond acceptors (Lipinski definition) is 6. The van der Waals surface area contributed by atoms with Gasteiger partial charge < -0.3 is 5.32 Å². The highest BCUT2D eigenvalue weighted by atomic mass is 32.2. The van der Waals surface area contributed by atoms with Gasteiger partial charge in [0.2, 0.25) is 10.0 Å². The Hall–Kier alpha value is -1.51. The van der Waals surface area contributed by atoms with Crippen LogP contribution in [0.15, 0.2) is 11.0 Å². The number of nitrogens with one attached hydrogen (secondary N) is 2. The van der Waals surface area contributed by atoms with E-state index in [1.807, 2.05) is 20.8 Å². The van der Waals surface area contributed by atoms with Crippen molar-refractivity contribution in [3.63, 3.8) is 0 Å². The number of anilines is 1. The van der Waals surface area contributed by atoms with Gasteiger partial charge in [-0.05, 0) is 52.5 Å². The molecular weight excluding hydrogens is 356 g/mol. The smallest absolute Gasteiger partial charge is 0.241 e. The monoisotopic (exact) mass is 380 g/mol. The molecule has 136 valence electrons. The summed E-state index contributed by atoms with van der Waals surface area (Å²) in [6.07, 6.45) is 4.30. The Labute approximate surface area is 153 Å². The number of rotatable bonds is 6. The van der Waals surface area contributed by atoms with Crippen molar-refractivity contribution in [2.45, 2.75) is 51.3 Å². The van der Waals surface area contributed by atoms with Crippen LogP contribution in [0.1, 0.15) is 39.7 Å². The van der Waals surface area contributed by atoms with E-state index in [2.05, 4.69) is 20.0 Å². The summed E-state index contributed by atoms with van der Waals surface area (Å²) in [4.78, 5) is 11.2. The van der Waals surface area contributed by atoms with E-state index in [9.17, 15) is 8.42 Å². The number of hydrogen-bond donors (Lipinski definition) is 2. The zero-order chi connectivity index (χ0) is 18.0. The van der Waals surface area contributed by atoms with E-state index in [-0.39, 0.29) is 0 Å². The van der Waals surface area contributed by atoms with Gasteiger partial charge in [0.15, 0.2) is 0 Å². The first kappa shape index (κ1) is 18.3. The van der Waals surface area contributed by atoms with E-state index in [4.69, 9.17) is 0 Å². The first-order valence-electron chi connectivity index (χ1n) is 8.54. The molecule has 0 spiro atoms. The lowest BCUT2D eigenvalue weighted by Gasteiger charge is -2.19. The van der Waals surface area contributed by atoms with Crippen molar-refractivity contribution in [1.29, 1.82) is 0 Å². The van der Waals surface area contributed by atoms with Crippen molar-refractivity contribution in [3.8, 4) is 0 Å². The van der Waals surface area contributed by atoms with Crippen LogP contribution in [0.4, 0.5) is 5.82 Å². The predicted molar refractivity (Wildman–Crippen MR) is 101 cm³/mol. The van der Waals surface area contributed by atoms with Gasteiger partial charge in [-0.3, -0.25) is 0 Å². The van der Waals surface area contributed by atoms with E-state index in [0.29, 0.717) is 18.0 Å². The molecule has 6 nitrogen and oxygen atoms in total. The van der Waals surface area contributed by atoms with Gasteiger partial charge in [0.05, 0.1) is 4.90 Å². The maximum Gasteiger partial charge on any atom is 0.241 e. The number of nitrogens with zero attached hydrogens (tertiary/aromatic N) is 2. The van der Waals surface area contributed by atoms with Crippen LogP contribution in [-0.4, -0.2) is 31.5 Å². The Balaban J connectivity index is 1.62. The molecule has 1 aliphatic carbocycles. The fourth-order valence-electron chi connectivity index (χ4n) is 3.18. The molecule has 2 heterocycles. The summed E-state index contributed by atoms with van der Waals surface area (Å²) < 4.78 is 27.5. The molecule has 0 atom stereocenters. The zero-order valence-corrected chi connectivity index (χ0v) is 16.5. The van der Waals surface area contributed by atoms with Crippen LogP contribution in [0, 0.1) is 20.8 Å². The van der Waals surface area contributed by atoms with E-state index < -0.39 is 10.0 Å². The zero-order valence-electron chi connectivity index (χ0n) is 14.8. The molecule has 0 aromatic carbocycles. The summed E-state index contributed by atoms with van der Waals surface area (Å²) in [6, 6.07) is 1.72. The molecule has 0 bridgehead atoms. The minimum absolute atomic E-state index is 0.314. The van der Waals surface area contributed by atoms with Gasteiger partial charge in [0, 0.05) is 34.1 Å². The van der Waals surface area contributed by atoms with Gasteiger partial charge in [0.25, 0.3) is 0 Å². The van der Waals surface area contributed by atoms with Crippen molar-refractivity contribution in [1.82, 2.24) is 14.7 Å². The number of fused-ring (bicyclic) bond motifs is 1. The summed E-state index contributed by atoms with van der Waals surface area (Å²) in [5, 5.41) is 3.28. The van der Waals surface area contributed by atoms with Crippen molar-refractivity contribution in [2.24, 2.45) is 0 Å². The summed E-state index contributed by atoms with van der Waals surface area (Å²) >= 11 is 1.50. The van der Waals surface area contributed by atoms with E-state index in [0.717, 1.165) is 46.4 Å². The summed E-state index contributed by atoms with van der Waals surface area (Å²) in [7, 11) is -3.46. The van der Waals surface area contributed by atoms with Gasteiger partial charge in [-0.1, -0.05) is 0 Å². The van der Waals surface area contributed by atoms with Crippen molar-refractivity contribution in [2.75, 3.05) is 18.4 Å². The van der Waals surface area contributed by atoms with Gasteiger partial charge in [0.1, 0.15) is 11.6 Å². The lowest BCUT2D eigenvalue weighted by Crippen LogP contribution is -2.29. The third-order valence-electron chi connectivity index (χ3n) is 4.29. The first-order chi connectivity index (χ1) is 11.9. The standard InChI is InChI=1S/C17H24N4O2S2/c1-11-10-16(12(2)24-11)25(22,23)19-9-8-18-17-14-6-4-5-7-15(14)20-13(3)21-17/h10,19H,4-9H2,1-3H3,(H,18,20,21). The molecule has 25 heavy (non-hydrogen) atoms. The highest BCUT2D eigenvalue weighted by Gasteiger charge is 2.19. The Kier molecular flexibility index (Phi) is 5.41. The van der Waals surface area contributed by atoms with Crippen LogP contribution in [0.3, 0.4) is 0 Å². The molecule has 2 aromatic heterocycles. The third-order valence-corrected chi connectivity index (χ3v) is 6.97.